The topological polar surface area (TPSA) is 107 Å². The van der Waals surface area contributed by atoms with Gasteiger partial charge in [0.25, 0.3) is 5.69 Å². The third kappa shape index (κ3) is 2.74. The summed E-state index contributed by atoms with van der Waals surface area (Å²) in [5, 5.41) is 24.1. The highest BCUT2D eigenvalue weighted by atomic mass is 32.1. The van der Waals surface area contributed by atoms with Crippen LogP contribution in [-0.4, -0.2) is 37.2 Å². The van der Waals surface area contributed by atoms with Crippen molar-refractivity contribution in [3.8, 4) is 0 Å². The molecule has 1 aromatic carbocycles. The first-order chi connectivity index (χ1) is 12.0. The van der Waals surface area contributed by atoms with Gasteiger partial charge in [0.2, 0.25) is 10.9 Å². The minimum Gasteiger partial charge on any atom is -0.312 e. The molecule has 25 heavy (non-hydrogen) atoms. The van der Waals surface area contributed by atoms with E-state index in [1.165, 1.54) is 23.5 Å². The number of carbonyl (C=O) groups is 1. The molecule has 2 aromatic heterocycles. The molecule has 3 heterocycles. The smallest absolute Gasteiger partial charge is 0.271 e. The lowest BCUT2D eigenvalue weighted by molar-refractivity contribution is -0.384. The molecule has 0 aliphatic carbocycles. The zero-order valence-electron chi connectivity index (χ0n) is 13.4. The van der Waals surface area contributed by atoms with Crippen molar-refractivity contribution >= 4 is 33.6 Å². The number of hydrogen-bond acceptors (Lipinski definition) is 7. The predicted octanol–water partition coefficient (Wildman–Crippen LogP) is 1.92. The molecule has 1 aliphatic heterocycles. The molecule has 128 valence electrons. The van der Waals surface area contributed by atoms with Gasteiger partial charge in [-0.05, 0) is 18.9 Å². The van der Waals surface area contributed by atoms with Crippen molar-refractivity contribution in [3.05, 3.63) is 44.7 Å². The van der Waals surface area contributed by atoms with Gasteiger partial charge in [-0.1, -0.05) is 17.4 Å². The van der Waals surface area contributed by atoms with Crippen LogP contribution in [0.2, 0.25) is 0 Å². The minimum absolute atomic E-state index is 0.00238. The van der Waals surface area contributed by atoms with Crippen molar-refractivity contribution in [2.45, 2.75) is 26.2 Å². The summed E-state index contributed by atoms with van der Waals surface area (Å²) in [6.45, 7) is 2.38. The number of aromatic nitrogens is 4. The van der Waals surface area contributed by atoms with E-state index in [0.717, 1.165) is 17.0 Å². The third-order valence-corrected chi connectivity index (χ3v) is 5.18. The molecule has 0 unspecified atom stereocenters. The zero-order valence-corrected chi connectivity index (χ0v) is 14.2. The molecule has 1 aliphatic rings. The van der Waals surface area contributed by atoms with Crippen LogP contribution in [0.25, 0.3) is 4.96 Å². The Balaban J connectivity index is 1.49. The summed E-state index contributed by atoms with van der Waals surface area (Å²) in [6, 6.07) is 4.69. The molecule has 0 saturated carbocycles. The molecule has 3 aromatic rings. The molecule has 4 rings (SSSR count). The molecule has 0 fully saturated rings. The van der Waals surface area contributed by atoms with Crippen molar-refractivity contribution < 1.29 is 9.72 Å². The summed E-state index contributed by atoms with van der Waals surface area (Å²) >= 11 is 1.41. The average Bonchev–Trinajstić information content (AvgIpc) is 3.28. The van der Waals surface area contributed by atoms with Crippen LogP contribution in [0.15, 0.2) is 18.2 Å². The molecule has 1 amide bonds. The van der Waals surface area contributed by atoms with E-state index < -0.39 is 4.92 Å². The van der Waals surface area contributed by atoms with E-state index in [1.807, 2.05) is 6.92 Å². The van der Waals surface area contributed by atoms with E-state index in [2.05, 4.69) is 15.3 Å². The lowest BCUT2D eigenvalue weighted by atomic mass is 10.1. The van der Waals surface area contributed by atoms with E-state index in [4.69, 9.17) is 0 Å². The van der Waals surface area contributed by atoms with Crippen molar-refractivity contribution in [2.75, 3.05) is 11.4 Å². The zero-order chi connectivity index (χ0) is 17.6. The first-order valence-electron chi connectivity index (χ1n) is 7.78. The van der Waals surface area contributed by atoms with Gasteiger partial charge in [-0.25, -0.2) is 0 Å². The molecular formula is C15H14N6O3S. The highest BCUT2D eigenvalue weighted by Crippen LogP contribution is 2.32. The van der Waals surface area contributed by atoms with E-state index >= 15 is 0 Å². The van der Waals surface area contributed by atoms with Gasteiger partial charge in [-0.3, -0.25) is 14.9 Å². The Labute approximate surface area is 146 Å². The summed E-state index contributed by atoms with van der Waals surface area (Å²) in [7, 11) is 0. The number of aryl methyl sites for hydroxylation is 2. The van der Waals surface area contributed by atoms with Gasteiger partial charge in [0.15, 0.2) is 5.82 Å². The summed E-state index contributed by atoms with van der Waals surface area (Å²) in [5.74, 6) is 0.659. The fourth-order valence-electron chi connectivity index (χ4n) is 2.94. The Morgan fingerprint density at radius 2 is 2.24 bits per heavy atom. The summed E-state index contributed by atoms with van der Waals surface area (Å²) < 4.78 is 1.67. The maximum atomic E-state index is 12.6. The molecule has 9 nitrogen and oxygen atoms in total. The monoisotopic (exact) mass is 358 g/mol. The summed E-state index contributed by atoms with van der Waals surface area (Å²) in [5.41, 5.74) is 1.61. The molecule has 0 radical (unpaired) electrons. The Morgan fingerprint density at radius 1 is 1.40 bits per heavy atom. The van der Waals surface area contributed by atoms with Crippen LogP contribution < -0.4 is 4.90 Å². The Bertz CT molecular complexity index is 994. The summed E-state index contributed by atoms with van der Waals surface area (Å²) in [4.78, 5) is 25.4. The number of anilines is 1. The van der Waals surface area contributed by atoms with Crippen molar-refractivity contribution in [1.82, 2.24) is 19.8 Å². The molecule has 0 atom stereocenters. The second-order valence-electron chi connectivity index (χ2n) is 5.80. The summed E-state index contributed by atoms with van der Waals surface area (Å²) in [6.07, 6.45) is 1.52. The molecule has 10 heteroatoms. The lowest BCUT2D eigenvalue weighted by Gasteiger charge is -2.16. The maximum Gasteiger partial charge on any atom is 0.271 e. The Morgan fingerprint density at radius 3 is 3.00 bits per heavy atom. The van der Waals surface area contributed by atoms with Crippen LogP contribution in [0.5, 0.6) is 0 Å². The molecule has 0 saturated heterocycles. The van der Waals surface area contributed by atoms with E-state index in [0.29, 0.717) is 35.9 Å². The number of benzene rings is 1. The van der Waals surface area contributed by atoms with Crippen molar-refractivity contribution in [2.24, 2.45) is 0 Å². The normalized spacial score (nSPS) is 13.4. The number of nitro benzene ring substituents is 1. The van der Waals surface area contributed by atoms with Crippen LogP contribution in [-0.2, 0) is 17.6 Å². The number of hydrogen-bond donors (Lipinski definition) is 0. The van der Waals surface area contributed by atoms with Crippen LogP contribution in [0.1, 0.15) is 22.8 Å². The molecule has 0 spiro atoms. The first kappa shape index (κ1) is 15.6. The van der Waals surface area contributed by atoms with Gasteiger partial charge >= 0.3 is 0 Å². The number of nitro groups is 1. The third-order valence-electron chi connectivity index (χ3n) is 4.22. The highest BCUT2D eigenvalue weighted by molar-refractivity contribution is 7.16. The fourth-order valence-corrected chi connectivity index (χ4v) is 3.82. The van der Waals surface area contributed by atoms with Crippen LogP contribution in [0.3, 0.4) is 0 Å². The van der Waals surface area contributed by atoms with Crippen molar-refractivity contribution in [3.63, 3.8) is 0 Å². The van der Waals surface area contributed by atoms with Crippen molar-refractivity contribution in [1.29, 1.82) is 0 Å². The van der Waals surface area contributed by atoms with Gasteiger partial charge in [-0.2, -0.15) is 9.61 Å². The maximum absolute atomic E-state index is 12.6. The number of fused-ring (bicyclic) bond motifs is 2. The van der Waals surface area contributed by atoms with Gasteiger partial charge in [-0.15, -0.1) is 10.2 Å². The Hall–Kier alpha value is -2.88. The van der Waals surface area contributed by atoms with E-state index in [1.54, 1.807) is 15.5 Å². The SMILES string of the molecule is Cc1nnc2sc(CCC(=O)N3CCc4ccc([N+](=O)[O-])cc43)nn12. The standard InChI is InChI=1S/C15H14N6O3S/c1-9-16-17-15-20(9)18-13(25-15)4-5-14(22)19-7-6-10-2-3-11(21(23)24)8-12(10)19/h2-3,8H,4-7H2,1H3. The molecule has 0 N–H and O–H groups in total. The first-order valence-corrected chi connectivity index (χ1v) is 8.60. The number of non-ortho nitro benzene ring substituents is 1. The fraction of sp³-hybridized carbons (Fsp3) is 0.333. The van der Waals surface area contributed by atoms with Gasteiger partial charge in [0.05, 0.1) is 10.6 Å². The predicted molar refractivity (Wildman–Crippen MR) is 90.9 cm³/mol. The second kappa shape index (κ2) is 5.88. The van der Waals surface area contributed by atoms with Gasteiger partial charge in [0, 0.05) is 31.5 Å². The molecule has 0 bridgehead atoms. The van der Waals surface area contributed by atoms with Gasteiger partial charge in [0.1, 0.15) is 5.01 Å². The Kier molecular flexibility index (Phi) is 3.68. The van der Waals surface area contributed by atoms with E-state index in [9.17, 15) is 14.9 Å². The van der Waals surface area contributed by atoms with E-state index in [-0.39, 0.29) is 11.6 Å². The van der Waals surface area contributed by atoms with Crippen LogP contribution in [0, 0.1) is 17.0 Å². The minimum atomic E-state index is -0.441. The van der Waals surface area contributed by atoms with Gasteiger partial charge < -0.3 is 4.90 Å². The molecular weight excluding hydrogens is 344 g/mol. The van der Waals surface area contributed by atoms with Crippen LogP contribution in [0.4, 0.5) is 11.4 Å². The number of amides is 1. The number of nitrogens with zero attached hydrogens (tertiary/aromatic N) is 6. The largest absolute Gasteiger partial charge is 0.312 e. The van der Waals surface area contributed by atoms with Crippen LogP contribution >= 0.6 is 11.3 Å². The average molecular weight is 358 g/mol. The second-order valence-corrected chi connectivity index (χ2v) is 6.84. The highest BCUT2D eigenvalue weighted by Gasteiger charge is 2.26. The number of rotatable bonds is 4. The quantitative estimate of drug-likeness (QED) is 0.521. The lowest BCUT2D eigenvalue weighted by Crippen LogP contribution is -2.29. The number of carbonyl (C=O) groups excluding carboxylic acids is 1.